The van der Waals surface area contributed by atoms with Crippen molar-refractivity contribution in [1.29, 1.82) is 0 Å². The highest BCUT2D eigenvalue weighted by molar-refractivity contribution is 5.34. The average Bonchev–Trinajstić information content (AvgIpc) is 2.78. The molecule has 0 aliphatic carbocycles. The Hall–Kier alpha value is -1.10. The van der Waals surface area contributed by atoms with Crippen LogP contribution in [0.25, 0.3) is 0 Å². The lowest BCUT2D eigenvalue weighted by Crippen LogP contribution is -2.48. The summed E-state index contributed by atoms with van der Waals surface area (Å²) in [6.07, 6.45) is 4.45. The first kappa shape index (κ1) is 17.7. The van der Waals surface area contributed by atoms with Crippen molar-refractivity contribution in [2.24, 2.45) is 11.3 Å². The lowest BCUT2D eigenvalue weighted by Gasteiger charge is -2.43. The van der Waals surface area contributed by atoms with E-state index < -0.39 is 0 Å². The number of rotatable bonds is 5. The second-order valence-electron chi connectivity index (χ2n) is 8.01. The van der Waals surface area contributed by atoms with Gasteiger partial charge in [-0.25, -0.2) is 0 Å². The maximum Gasteiger partial charge on any atom is 0.122 e. The van der Waals surface area contributed by atoms with Crippen LogP contribution >= 0.6 is 0 Å². The molecule has 0 spiro atoms. The molecule has 1 saturated heterocycles. The number of likely N-dealkylation sites (tertiary alicyclic amines) is 1. The topological polar surface area (TPSA) is 35.9 Å². The maximum absolute atomic E-state index is 9.88. The van der Waals surface area contributed by atoms with Gasteiger partial charge >= 0.3 is 0 Å². The molecule has 0 aromatic heterocycles. The Bertz CT molecular complexity index is 524. The number of aliphatic hydroxyl groups excluding tert-OH is 1. The van der Waals surface area contributed by atoms with Gasteiger partial charge in [-0.3, -0.25) is 0 Å². The molecule has 4 nitrogen and oxygen atoms in total. The first-order chi connectivity index (χ1) is 11.6. The molecule has 1 aromatic carbocycles. The first-order valence-electron chi connectivity index (χ1n) is 9.29. The number of para-hydroxylation sites is 1. The van der Waals surface area contributed by atoms with Crippen molar-refractivity contribution in [2.45, 2.75) is 25.7 Å². The highest BCUT2D eigenvalue weighted by Gasteiger charge is 2.35. The Morgan fingerprint density at radius 2 is 2.00 bits per heavy atom. The van der Waals surface area contributed by atoms with Crippen LogP contribution in [0.4, 0.5) is 0 Å². The molecular formula is C20H32N2O2. The van der Waals surface area contributed by atoms with Gasteiger partial charge in [0, 0.05) is 18.5 Å². The summed E-state index contributed by atoms with van der Waals surface area (Å²) in [5.74, 6) is 1.74. The van der Waals surface area contributed by atoms with Gasteiger partial charge in [-0.15, -0.1) is 0 Å². The van der Waals surface area contributed by atoms with Gasteiger partial charge in [-0.2, -0.15) is 0 Å². The van der Waals surface area contributed by atoms with Crippen LogP contribution < -0.4 is 4.74 Å². The van der Waals surface area contributed by atoms with Crippen LogP contribution in [-0.4, -0.2) is 68.4 Å². The van der Waals surface area contributed by atoms with E-state index in [1.807, 2.05) is 0 Å². The molecule has 0 radical (unpaired) electrons. The van der Waals surface area contributed by atoms with E-state index in [0.717, 1.165) is 64.2 Å². The summed E-state index contributed by atoms with van der Waals surface area (Å²) in [7, 11) is 4.21. The molecule has 0 amide bonds. The Morgan fingerprint density at radius 3 is 2.71 bits per heavy atom. The van der Waals surface area contributed by atoms with Gasteiger partial charge in [0.2, 0.25) is 0 Å². The van der Waals surface area contributed by atoms with Crippen LogP contribution in [0.2, 0.25) is 0 Å². The summed E-state index contributed by atoms with van der Waals surface area (Å²) in [6.45, 7) is 5.49. The average molecular weight is 332 g/mol. The first-order valence-corrected chi connectivity index (χ1v) is 9.29. The number of nitrogens with zero attached hydrogens (tertiary/aromatic N) is 2. The Kier molecular flexibility index (Phi) is 5.80. The maximum atomic E-state index is 9.88. The van der Waals surface area contributed by atoms with Crippen LogP contribution in [0.5, 0.6) is 5.75 Å². The lowest BCUT2D eigenvalue weighted by molar-refractivity contribution is 0.0192. The number of hydrogen-bond donors (Lipinski definition) is 1. The van der Waals surface area contributed by atoms with E-state index in [1.165, 1.54) is 5.56 Å². The van der Waals surface area contributed by atoms with Crippen molar-refractivity contribution in [3.63, 3.8) is 0 Å². The highest BCUT2D eigenvalue weighted by Crippen LogP contribution is 2.33. The predicted octanol–water partition coefficient (Wildman–Crippen LogP) is 2.26. The van der Waals surface area contributed by atoms with Crippen LogP contribution in [0.1, 0.15) is 24.8 Å². The van der Waals surface area contributed by atoms with Gasteiger partial charge in [-0.05, 0) is 70.4 Å². The molecule has 2 heterocycles. The van der Waals surface area contributed by atoms with Crippen LogP contribution in [0.15, 0.2) is 24.3 Å². The second kappa shape index (κ2) is 7.85. The molecule has 24 heavy (non-hydrogen) atoms. The van der Waals surface area contributed by atoms with E-state index in [2.05, 4.69) is 48.2 Å². The van der Waals surface area contributed by atoms with Crippen LogP contribution in [0, 0.1) is 11.3 Å². The van der Waals surface area contributed by atoms with Crippen molar-refractivity contribution >= 4 is 0 Å². The van der Waals surface area contributed by atoms with Crippen molar-refractivity contribution in [2.75, 3.05) is 53.5 Å². The van der Waals surface area contributed by atoms with E-state index in [0.29, 0.717) is 12.5 Å². The molecule has 2 aliphatic heterocycles. The summed E-state index contributed by atoms with van der Waals surface area (Å²) in [4.78, 5) is 4.81. The number of aliphatic hydroxyl groups is 1. The molecule has 1 N–H and O–H groups in total. The lowest BCUT2D eigenvalue weighted by atomic mass is 9.78. The fourth-order valence-electron chi connectivity index (χ4n) is 4.33. The molecule has 3 rings (SSSR count). The van der Waals surface area contributed by atoms with E-state index in [9.17, 15) is 5.11 Å². The summed E-state index contributed by atoms with van der Waals surface area (Å²) in [6, 6.07) is 8.47. The molecule has 4 heteroatoms. The second-order valence-corrected chi connectivity index (χ2v) is 8.01. The van der Waals surface area contributed by atoms with Gasteiger partial charge in [0.25, 0.3) is 0 Å². The zero-order valence-electron chi connectivity index (χ0n) is 15.2. The molecule has 1 unspecified atom stereocenters. The zero-order valence-corrected chi connectivity index (χ0v) is 15.2. The molecule has 2 aliphatic rings. The van der Waals surface area contributed by atoms with Crippen LogP contribution in [-0.2, 0) is 6.42 Å². The normalized spacial score (nSPS) is 24.2. The Balaban J connectivity index is 1.54. The van der Waals surface area contributed by atoms with Crippen LogP contribution in [0.3, 0.4) is 0 Å². The Morgan fingerprint density at radius 1 is 1.25 bits per heavy atom. The molecule has 134 valence electrons. The predicted molar refractivity (Wildman–Crippen MR) is 97.5 cm³/mol. The van der Waals surface area contributed by atoms with Gasteiger partial charge in [0.15, 0.2) is 0 Å². The summed E-state index contributed by atoms with van der Waals surface area (Å²) < 4.78 is 5.90. The molecule has 1 atom stereocenters. The number of hydrogen-bond acceptors (Lipinski definition) is 4. The number of fused-ring (bicyclic) bond motifs is 1. The SMILES string of the molecule is CN(C)CC1(CO)CCN(CC2CCOc3ccccc3C2)CC1. The third-order valence-corrected chi connectivity index (χ3v) is 5.69. The number of benzene rings is 1. The fraction of sp³-hybridized carbons (Fsp3) is 0.700. The van der Waals surface area contributed by atoms with Gasteiger partial charge in [0.05, 0.1) is 13.2 Å². The van der Waals surface area contributed by atoms with Crippen molar-refractivity contribution in [3.05, 3.63) is 29.8 Å². The third-order valence-electron chi connectivity index (χ3n) is 5.69. The smallest absolute Gasteiger partial charge is 0.122 e. The molecule has 0 bridgehead atoms. The van der Waals surface area contributed by atoms with E-state index in [4.69, 9.17) is 4.74 Å². The zero-order chi connectivity index (χ0) is 17.0. The fourth-order valence-corrected chi connectivity index (χ4v) is 4.33. The summed E-state index contributed by atoms with van der Waals surface area (Å²) in [5, 5.41) is 9.88. The minimum Gasteiger partial charge on any atom is -0.493 e. The van der Waals surface area contributed by atoms with E-state index >= 15 is 0 Å². The van der Waals surface area contributed by atoms with Crippen molar-refractivity contribution in [1.82, 2.24) is 9.80 Å². The molecular weight excluding hydrogens is 300 g/mol. The number of ether oxygens (including phenoxy) is 1. The van der Waals surface area contributed by atoms with E-state index in [1.54, 1.807) is 0 Å². The molecule has 0 saturated carbocycles. The van der Waals surface area contributed by atoms with Gasteiger partial charge < -0.3 is 19.6 Å². The molecule has 1 aromatic rings. The Labute approximate surface area is 146 Å². The number of piperidine rings is 1. The standard InChI is InChI=1S/C20H32N2O2/c1-21(2)15-20(16-23)8-10-22(11-9-20)14-17-7-12-24-19-6-4-3-5-18(19)13-17/h3-6,17,23H,7-16H2,1-2H3. The minimum atomic E-state index is 0.0964. The minimum absolute atomic E-state index is 0.0964. The van der Waals surface area contributed by atoms with Crippen molar-refractivity contribution in [3.8, 4) is 5.75 Å². The quantitative estimate of drug-likeness (QED) is 0.897. The molecule has 1 fully saturated rings. The largest absolute Gasteiger partial charge is 0.493 e. The monoisotopic (exact) mass is 332 g/mol. The summed E-state index contributed by atoms with van der Waals surface area (Å²) >= 11 is 0. The van der Waals surface area contributed by atoms with Gasteiger partial charge in [-0.1, -0.05) is 18.2 Å². The van der Waals surface area contributed by atoms with Crippen molar-refractivity contribution < 1.29 is 9.84 Å². The third kappa shape index (κ3) is 4.29. The summed E-state index contributed by atoms with van der Waals surface area (Å²) in [5.41, 5.74) is 1.45. The highest BCUT2D eigenvalue weighted by atomic mass is 16.5. The van der Waals surface area contributed by atoms with E-state index in [-0.39, 0.29) is 5.41 Å². The van der Waals surface area contributed by atoms with Gasteiger partial charge in [0.1, 0.15) is 5.75 Å².